The number of rotatable bonds is 5. The molecular weight excluding hydrogens is 494 g/mol. The summed E-state index contributed by atoms with van der Waals surface area (Å²) in [5.74, 6) is 0.320. The van der Waals surface area contributed by atoms with Crippen molar-refractivity contribution in [1.82, 2.24) is 9.97 Å². The molecule has 0 saturated carbocycles. The lowest BCUT2D eigenvalue weighted by Gasteiger charge is -2.08. The first-order valence-electron chi connectivity index (χ1n) is 11.9. The van der Waals surface area contributed by atoms with Gasteiger partial charge in [-0.3, -0.25) is 4.79 Å². The van der Waals surface area contributed by atoms with E-state index in [9.17, 15) is 4.79 Å². The first kappa shape index (κ1) is 23.3. The largest absolute Gasteiger partial charge is 0.307 e. The van der Waals surface area contributed by atoms with Gasteiger partial charge in [0.05, 0.1) is 15.4 Å². The summed E-state index contributed by atoms with van der Waals surface area (Å²) >= 11 is 3.37. The van der Waals surface area contributed by atoms with E-state index in [4.69, 9.17) is 4.98 Å². The molecular formula is C31H23N3OS2. The van der Waals surface area contributed by atoms with Gasteiger partial charge in [0.1, 0.15) is 10.8 Å². The quantitative estimate of drug-likeness (QED) is 0.249. The summed E-state index contributed by atoms with van der Waals surface area (Å²) in [7, 11) is 0. The summed E-state index contributed by atoms with van der Waals surface area (Å²) in [5.41, 5.74) is 5.99. The highest BCUT2D eigenvalue weighted by Crippen LogP contribution is 2.42. The molecule has 6 heteroatoms. The lowest BCUT2D eigenvalue weighted by molar-refractivity contribution is 0.102. The summed E-state index contributed by atoms with van der Waals surface area (Å²) in [5, 5.41) is 8.25. The fraction of sp³-hybridized carbons (Fsp3) is 0.0645. The second kappa shape index (κ2) is 9.73. The van der Waals surface area contributed by atoms with Crippen molar-refractivity contribution in [2.24, 2.45) is 0 Å². The van der Waals surface area contributed by atoms with E-state index in [1.807, 2.05) is 54.6 Å². The Morgan fingerprint density at radius 3 is 2.49 bits per heavy atom. The van der Waals surface area contributed by atoms with Crippen molar-refractivity contribution in [2.45, 2.75) is 13.8 Å². The van der Waals surface area contributed by atoms with Gasteiger partial charge in [-0.2, -0.15) is 0 Å². The Kier molecular flexibility index (Phi) is 6.12. The van der Waals surface area contributed by atoms with Gasteiger partial charge in [-0.25, -0.2) is 9.97 Å². The summed E-state index contributed by atoms with van der Waals surface area (Å²) in [6.45, 7) is 4.19. The van der Waals surface area contributed by atoms with Gasteiger partial charge in [-0.05, 0) is 77.5 Å². The lowest BCUT2D eigenvalue weighted by Crippen LogP contribution is -2.12. The second-order valence-electron chi connectivity index (χ2n) is 9.00. The molecule has 0 radical (unpaired) electrons. The van der Waals surface area contributed by atoms with E-state index < -0.39 is 0 Å². The van der Waals surface area contributed by atoms with Crippen LogP contribution < -0.4 is 5.32 Å². The fourth-order valence-corrected chi connectivity index (χ4v) is 6.36. The highest BCUT2D eigenvalue weighted by molar-refractivity contribution is 7.23. The zero-order valence-corrected chi connectivity index (χ0v) is 22.0. The van der Waals surface area contributed by atoms with Gasteiger partial charge in [0.15, 0.2) is 0 Å². The van der Waals surface area contributed by atoms with Gasteiger partial charge >= 0.3 is 0 Å². The number of pyridine rings is 1. The van der Waals surface area contributed by atoms with Crippen LogP contribution >= 0.6 is 22.7 Å². The van der Waals surface area contributed by atoms with E-state index >= 15 is 0 Å². The molecule has 6 aromatic rings. The highest BCUT2D eigenvalue weighted by atomic mass is 32.1. The molecule has 3 aromatic carbocycles. The number of carbonyl (C=O) groups excluding carboxylic acids is 1. The minimum Gasteiger partial charge on any atom is -0.307 e. The zero-order valence-electron chi connectivity index (χ0n) is 20.4. The molecule has 0 atom stereocenters. The van der Waals surface area contributed by atoms with Crippen molar-refractivity contribution < 1.29 is 4.79 Å². The Balaban J connectivity index is 1.37. The summed E-state index contributed by atoms with van der Waals surface area (Å²) < 4.78 is 0. The van der Waals surface area contributed by atoms with Gasteiger partial charge in [0.2, 0.25) is 0 Å². The third kappa shape index (κ3) is 4.81. The highest BCUT2D eigenvalue weighted by Gasteiger charge is 2.18. The number of thiophene rings is 1. The summed E-state index contributed by atoms with van der Waals surface area (Å²) in [6.07, 6.45) is 1.74. The van der Waals surface area contributed by atoms with Crippen molar-refractivity contribution in [3.8, 4) is 31.6 Å². The monoisotopic (exact) mass is 517 g/mol. The summed E-state index contributed by atoms with van der Waals surface area (Å²) in [6, 6.07) is 28.2. The number of anilines is 1. The average molecular weight is 518 g/mol. The van der Waals surface area contributed by atoms with Crippen LogP contribution in [0.3, 0.4) is 0 Å². The number of aromatic nitrogens is 2. The number of benzene rings is 3. The molecule has 0 aliphatic carbocycles. The maximum atomic E-state index is 13.1. The van der Waals surface area contributed by atoms with E-state index in [0.717, 1.165) is 42.4 Å². The molecule has 6 rings (SSSR count). The average Bonchev–Trinajstić information content (AvgIpc) is 3.55. The van der Waals surface area contributed by atoms with Crippen molar-refractivity contribution in [2.75, 3.05) is 5.32 Å². The molecule has 37 heavy (non-hydrogen) atoms. The summed E-state index contributed by atoms with van der Waals surface area (Å²) in [4.78, 5) is 24.8. The number of nitrogens with zero attached hydrogens (tertiary/aromatic N) is 2. The Bertz CT molecular complexity index is 1770. The van der Waals surface area contributed by atoms with Crippen LogP contribution in [0.25, 0.3) is 42.4 Å². The number of carbonyl (C=O) groups is 1. The maximum absolute atomic E-state index is 13.1. The Labute approximate surface area is 223 Å². The van der Waals surface area contributed by atoms with Crippen LogP contribution in [0.4, 0.5) is 5.82 Å². The van der Waals surface area contributed by atoms with Crippen LogP contribution in [0.1, 0.15) is 21.5 Å². The molecule has 0 bridgehead atoms. The maximum Gasteiger partial charge on any atom is 0.256 e. The number of hydrogen-bond acceptors (Lipinski definition) is 5. The number of aryl methyl sites for hydroxylation is 2. The standard InChI is InChI=1S/C31H23N3OS2/c1-19-6-5-9-23(14-19)28-29(37-31(34-28)26-15-20(2)18-36-26)24-12-13-32-27(17-24)33-30(35)25-11-10-21-7-3-4-8-22(21)16-25/h3-18H,1-2H3,(H,32,33,35). The molecule has 3 aromatic heterocycles. The molecule has 1 amide bonds. The molecule has 0 unspecified atom stereocenters. The first-order valence-corrected chi connectivity index (χ1v) is 13.6. The molecule has 4 nitrogen and oxygen atoms in total. The molecule has 0 saturated heterocycles. The van der Waals surface area contributed by atoms with Crippen molar-refractivity contribution in [3.05, 3.63) is 113 Å². The van der Waals surface area contributed by atoms with Crippen LogP contribution in [0.15, 0.2) is 96.5 Å². The minimum atomic E-state index is -0.187. The van der Waals surface area contributed by atoms with Crippen LogP contribution in [-0.2, 0) is 0 Å². The predicted octanol–water partition coefficient (Wildman–Crippen LogP) is 8.62. The SMILES string of the molecule is Cc1cccc(-c2nc(-c3cc(C)cs3)sc2-c2ccnc(NC(=O)c3ccc4ccccc4c3)c2)c1. The van der Waals surface area contributed by atoms with E-state index in [2.05, 4.69) is 59.9 Å². The number of nitrogens with one attached hydrogen (secondary N) is 1. The number of hydrogen-bond donors (Lipinski definition) is 1. The van der Waals surface area contributed by atoms with Crippen molar-refractivity contribution in [3.63, 3.8) is 0 Å². The number of fused-ring (bicyclic) bond motifs is 1. The third-order valence-corrected chi connectivity index (χ3v) is 8.46. The Morgan fingerprint density at radius 1 is 0.811 bits per heavy atom. The van der Waals surface area contributed by atoms with Crippen LogP contribution in [0, 0.1) is 13.8 Å². The van der Waals surface area contributed by atoms with E-state index in [1.54, 1.807) is 28.9 Å². The van der Waals surface area contributed by atoms with Gasteiger partial charge in [0, 0.05) is 17.3 Å². The zero-order chi connectivity index (χ0) is 25.4. The molecule has 0 aliphatic heterocycles. The molecule has 1 N–H and O–H groups in total. The van der Waals surface area contributed by atoms with E-state index in [-0.39, 0.29) is 5.91 Å². The van der Waals surface area contributed by atoms with Crippen LogP contribution in [0.5, 0.6) is 0 Å². The molecule has 3 heterocycles. The lowest BCUT2D eigenvalue weighted by atomic mass is 10.1. The van der Waals surface area contributed by atoms with Gasteiger partial charge in [-0.1, -0.05) is 54.1 Å². The predicted molar refractivity (Wildman–Crippen MR) is 155 cm³/mol. The normalized spacial score (nSPS) is 11.1. The number of amides is 1. The van der Waals surface area contributed by atoms with Crippen LogP contribution in [0.2, 0.25) is 0 Å². The topological polar surface area (TPSA) is 54.9 Å². The molecule has 0 fully saturated rings. The van der Waals surface area contributed by atoms with Gasteiger partial charge < -0.3 is 5.32 Å². The Hall–Kier alpha value is -4.13. The smallest absolute Gasteiger partial charge is 0.256 e. The number of thiazole rings is 1. The second-order valence-corrected chi connectivity index (χ2v) is 10.9. The van der Waals surface area contributed by atoms with Crippen molar-refractivity contribution in [1.29, 1.82) is 0 Å². The van der Waals surface area contributed by atoms with Gasteiger partial charge in [-0.15, -0.1) is 22.7 Å². The van der Waals surface area contributed by atoms with Crippen LogP contribution in [-0.4, -0.2) is 15.9 Å². The first-order chi connectivity index (χ1) is 18.0. The Morgan fingerprint density at radius 2 is 1.68 bits per heavy atom. The van der Waals surface area contributed by atoms with Gasteiger partial charge in [0.25, 0.3) is 5.91 Å². The fourth-order valence-electron chi connectivity index (χ4n) is 4.31. The molecule has 180 valence electrons. The van der Waals surface area contributed by atoms with E-state index in [1.165, 1.54) is 11.1 Å². The third-order valence-electron chi connectivity index (χ3n) is 6.14. The van der Waals surface area contributed by atoms with E-state index in [0.29, 0.717) is 11.4 Å². The minimum absolute atomic E-state index is 0.187. The van der Waals surface area contributed by atoms with Crippen molar-refractivity contribution >= 4 is 45.2 Å². The molecule has 0 aliphatic rings. The molecule has 0 spiro atoms.